The van der Waals surface area contributed by atoms with Crippen LogP contribution in [-0.4, -0.2) is 47.6 Å². The maximum Gasteiger partial charge on any atom is 0.530 e. The molecule has 0 aliphatic rings. The van der Waals surface area contributed by atoms with E-state index in [-0.39, 0.29) is 18.2 Å². The molecule has 24 heavy (non-hydrogen) atoms. The third-order valence-corrected chi connectivity index (χ3v) is 5.10. The lowest BCUT2D eigenvalue weighted by Gasteiger charge is -2.44. The van der Waals surface area contributed by atoms with E-state index in [9.17, 15) is 14.3 Å². The van der Waals surface area contributed by atoms with Gasteiger partial charge < -0.3 is 9.01 Å². The first-order chi connectivity index (χ1) is 11.2. The van der Waals surface area contributed by atoms with Crippen LogP contribution in [0.25, 0.3) is 0 Å². The van der Waals surface area contributed by atoms with Gasteiger partial charge in [-0.15, -0.1) is 0 Å². The average Bonchev–Trinajstić information content (AvgIpc) is 2.47. The molecule has 0 aliphatic carbocycles. The van der Waals surface area contributed by atoms with Gasteiger partial charge in [-0.05, 0) is 32.6 Å². The molecule has 0 aromatic rings. The largest absolute Gasteiger partial charge is 0.530 e. The van der Waals surface area contributed by atoms with Crippen LogP contribution in [0.3, 0.4) is 0 Å². The number of hydrogen-bond acceptors (Lipinski definition) is 4. The summed E-state index contributed by atoms with van der Waals surface area (Å²) in [5.74, 6) is -0.912. The van der Waals surface area contributed by atoms with Crippen LogP contribution in [0.4, 0.5) is 0 Å². The molecule has 2 atom stereocenters. The first-order valence-electron chi connectivity index (χ1n) is 8.90. The summed E-state index contributed by atoms with van der Waals surface area (Å²) in [7, 11) is -4.42. The Hall–Kier alpha value is -0.680. The van der Waals surface area contributed by atoms with Crippen molar-refractivity contribution in [2.75, 3.05) is 26.2 Å². The second-order valence-electron chi connectivity index (χ2n) is 6.37. The van der Waals surface area contributed by atoms with E-state index in [1.807, 2.05) is 0 Å². The SMILES string of the molecule is C=C(C)C(=O)OP(=O)(O)OCC(CC)[N+](CCC)(CCC)CCC. The zero-order valence-corrected chi connectivity index (χ0v) is 16.8. The number of quaternary nitrogens is 1. The van der Waals surface area contributed by atoms with Gasteiger partial charge in [0.15, 0.2) is 0 Å². The summed E-state index contributed by atoms with van der Waals surface area (Å²) < 4.78 is 22.6. The Labute approximate surface area is 147 Å². The van der Waals surface area contributed by atoms with Crippen molar-refractivity contribution >= 4 is 13.8 Å². The minimum Gasteiger partial charge on any atom is -0.367 e. The zero-order chi connectivity index (χ0) is 18.8. The van der Waals surface area contributed by atoms with Crippen molar-refractivity contribution < 1.29 is 27.8 Å². The van der Waals surface area contributed by atoms with Gasteiger partial charge in [-0.2, -0.15) is 0 Å². The molecule has 0 aliphatic heterocycles. The molecule has 1 N–H and O–H groups in total. The summed E-state index contributed by atoms with van der Waals surface area (Å²) in [6.45, 7) is 16.4. The van der Waals surface area contributed by atoms with Crippen LogP contribution >= 0.6 is 7.82 Å². The first-order valence-corrected chi connectivity index (χ1v) is 10.4. The quantitative estimate of drug-likeness (QED) is 0.303. The van der Waals surface area contributed by atoms with Gasteiger partial charge in [-0.3, -0.25) is 9.42 Å². The summed E-state index contributed by atoms with van der Waals surface area (Å²) >= 11 is 0. The van der Waals surface area contributed by atoms with Gasteiger partial charge >= 0.3 is 13.8 Å². The van der Waals surface area contributed by atoms with Crippen molar-refractivity contribution in [1.29, 1.82) is 0 Å². The predicted octanol–water partition coefficient (Wildman–Crippen LogP) is 4.05. The van der Waals surface area contributed by atoms with Crippen molar-refractivity contribution in [2.24, 2.45) is 0 Å². The molecule has 0 aromatic heterocycles. The molecule has 0 rings (SSSR count). The van der Waals surface area contributed by atoms with Crippen LogP contribution < -0.4 is 0 Å². The summed E-state index contributed by atoms with van der Waals surface area (Å²) in [5.41, 5.74) is 0.0630. The minimum absolute atomic E-state index is 0.0630. The lowest BCUT2D eigenvalue weighted by atomic mass is 10.1. The monoisotopic (exact) mass is 364 g/mol. The molecule has 0 radical (unpaired) electrons. The Morgan fingerprint density at radius 3 is 1.92 bits per heavy atom. The van der Waals surface area contributed by atoms with Gasteiger partial charge in [0.2, 0.25) is 0 Å². The standard InChI is InChI=1S/C17H34NO5P/c1-7-11-18(12-8-2,13-9-3)16(10-4)14-22-24(20,21)23-17(19)15(5)6/h16H,5,7-14H2,1-4,6H3/p+1. The van der Waals surface area contributed by atoms with Crippen molar-refractivity contribution in [1.82, 2.24) is 0 Å². The van der Waals surface area contributed by atoms with Gasteiger partial charge in [0.05, 0.1) is 19.6 Å². The fraction of sp³-hybridized carbons (Fsp3) is 0.824. The van der Waals surface area contributed by atoms with Crippen LogP contribution in [0.15, 0.2) is 12.2 Å². The highest BCUT2D eigenvalue weighted by atomic mass is 31.2. The highest BCUT2D eigenvalue weighted by Crippen LogP contribution is 2.44. The lowest BCUT2D eigenvalue weighted by Crippen LogP contribution is -2.58. The van der Waals surface area contributed by atoms with Crippen LogP contribution in [0.5, 0.6) is 0 Å². The Kier molecular flexibility index (Phi) is 10.7. The van der Waals surface area contributed by atoms with Crippen molar-refractivity contribution in [3.05, 3.63) is 12.2 Å². The minimum atomic E-state index is -4.42. The van der Waals surface area contributed by atoms with Gasteiger partial charge in [-0.1, -0.05) is 34.3 Å². The number of phosphoric ester groups is 1. The Morgan fingerprint density at radius 1 is 1.12 bits per heavy atom. The zero-order valence-electron chi connectivity index (χ0n) is 15.9. The van der Waals surface area contributed by atoms with Crippen molar-refractivity contribution in [2.45, 2.75) is 66.3 Å². The number of phosphoric acid groups is 1. The van der Waals surface area contributed by atoms with E-state index in [1.54, 1.807) is 0 Å². The van der Waals surface area contributed by atoms with Gasteiger partial charge in [-0.25, -0.2) is 9.36 Å². The molecule has 0 amide bonds. The van der Waals surface area contributed by atoms with Gasteiger partial charge in [0, 0.05) is 5.57 Å². The molecule has 2 unspecified atom stereocenters. The van der Waals surface area contributed by atoms with E-state index in [0.717, 1.165) is 49.8 Å². The normalized spacial score (nSPS) is 15.6. The first kappa shape index (κ1) is 23.3. The molecule has 0 heterocycles. The van der Waals surface area contributed by atoms with Crippen LogP contribution in [0.2, 0.25) is 0 Å². The molecule has 7 heteroatoms. The molecule has 0 fully saturated rings. The Morgan fingerprint density at radius 2 is 1.58 bits per heavy atom. The molecular weight excluding hydrogens is 329 g/mol. The number of hydrogen-bond donors (Lipinski definition) is 1. The van der Waals surface area contributed by atoms with Crippen molar-refractivity contribution in [3.8, 4) is 0 Å². The van der Waals surface area contributed by atoms with Crippen molar-refractivity contribution in [3.63, 3.8) is 0 Å². The molecule has 0 bridgehead atoms. The van der Waals surface area contributed by atoms with Crippen LogP contribution in [-0.2, 0) is 18.4 Å². The maximum atomic E-state index is 12.0. The number of carbonyl (C=O) groups excluding carboxylic acids is 1. The Bertz CT molecular complexity index is 435. The predicted molar refractivity (Wildman–Crippen MR) is 96.5 cm³/mol. The van der Waals surface area contributed by atoms with E-state index in [0.29, 0.717) is 0 Å². The molecule has 0 saturated heterocycles. The topological polar surface area (TPSA) is 72.8 Å². The number of rotatable bonds is 13. The highest BCUT2D eigenvalue weighted by Gasteiger charge is 2.37. The molecule has 0 saturated carbocycles. The summed E-state index contributed by atoms with van der Waals surface area (Å²) in [6.07, 6.45) is 3.95. The average molecular weight is 364 g/mol. The fourth-order valence-electron chi connectivity index (χ4n) is 3.27. The maximum absolute atomic E-state index is 12.0. The van der Waals surface area contributed by atoms with E-state index in [4.69, 9.17) is 4.52 Å². The van der Waals surface area contributed by atoms with E-state index in [2.05, 4.69) is 38.8 Å². The summed E-state index contributed by atoms with van der Waals surface area (Å²) in [4.78, 5) is 21.2. The third-order valence-electron chi connectivity index (χ3n) is 4.23. The highest BCUT2D eigenvalue weighted by molar-refractivity contribution is 7.48. The second-order valence-corrected chi connectivity index (χ2v) is 7.75. The molecule has 0 spiro atoms. The van der Waals surface area contributed by atoms with Crippen LogP contribution in [0, 0.1) is 0 Å². The third kappa shape index (κ3) is 7.47. The second kappa shape index (κ2) is 11.0. The van der Waals surface area contributed by atoms with Crippen LogP contribution in [0.1, 0.15) is 60.3 Å². The lowest BCUT2D eigenvalue weighted by molar-refractivity contribution is -0.951. The molecule has 0 aromatic carbocycles. The summed E-state index contributed by atoms with van der Waals surface area (Å²) in [6, 6.07) is 0.0915. The molecule has 142 valence electrons. The van der Waals surface area contributed by atoms with E-state index >= 15 is 0 Å². The van der Waals surface area contributed by atoms with Gasteiger partial charge in [0.1, 0.15) is 12.6 Å². The van der Waals surface area contributed by atoms with Gasteiger partial charge in [0.25, 0.3) is 0 Å². The summed E-state index contributed by atoms with van der Waals surface area (Å²) in [5, 5.41) is 0. The number of nitrogens with zero attached hydrogens (tertiary/aromatic N) is 1. The number of carbonyl (C=O) groups is 1. The van der Waals surface area contributed by atoms with E-state index < -0.39 is 13.8 Å². The fourth-order valence-corrected chi connectivity index (χ4v) is 4.05. The Balaban J connectivity index is 5.11. The smallest absolute Gasteiger partial charge is 0.367 e. The molecular formula is C17H35NO5P+. The van der Waals surface area contributed by atoms with E-state index in [1.165, 1.54) is 6.92 Å². The molecule has 6 nitrogen and oxygen atoms in total.